The highest BCUT2D eigenvalue weighted by Crippen LogP contribution is 2.30. The molecule has 1 N–H and O–H groups in total. The summed E-state index contributed by atoms with van der Waals surface area (Å²) in [7, 11) is 3.98. The van der Waals surface area contributed by atoms with E-state index in [4.69, 9.17) is 23.2 Å². The topological polar surface area (TPSA) is 57.1 Å². The number of nitrogens with zero attached hydrogens (tertiary/aromatic N) is 3. The van der Waals surface area contributed by atoms with Crippen LogP contribution in [0.25, 0.3) is 0 Å². The van der Waals surface area contributed by atoms with Crippen molar-refractivity contribution in [1.82, 2.24) is 5.32 Å². The van der Waals surface area contributed by atoms with Gasteiger partial charge >= 0.3 is 0 Å². The van der Waals surface area contributed by atoms with Crippen LogP contribution in [0.3, 0.4) is 0 Å². The maximum atomic E-state index is 12.2. The van der Waals surface area contributed by atoms with Crippen molar-refractivity contribution >= 4 is 57.9 Å². The molecule has 0 aliphatic carbocycles. The van der Waals surface area contributed by atoms with Crippen molar-refractivity contribution in [2.24, 2.45) is 10.2 Å². The second kappa shape index (κ2) is 8.78. The summed E-state index contributed by atoms with van der Waals surface area (Å²) >= 11 is 13.6. The van der Waals surface area contributed by atoms with Gasteiger partial charge in [-0.1, -0.05) is 59.2 Å². The third-order valence-corrected chi connectivity index (χ3v) is 5.91. The number of carbonyl (C=O) groups is 1. The Morgan fingerprint density at radius 2 is 1.93 bits per heavy atom. The van der Waals surface area contributed by atoms with Crippen LogP contribution in [-0.4, -0.2) is 36.6 Å². The highest BCUT2D eigenvalue weighted by Gasteiger charge is 2.31. The minimum absolute atomic E-state index is 0.111. The van der Waals surface area contributed by atoms with E-state index in [0.29, 0.717) is 21.6 Å². The Morgan fingerprint density at radius 1 is 1.19 bits per heavy atom. The molecular weight excluding hydrogens is 403 g/mol. The first kappa shape index (κ1) is 19.7. The summed E-state index contributed by atoms with van der Waals surface area (Å²) in [5.41, 5.74) is 2.88. The van der Waals surface area contributed by atoms with E-state index in [1.165, 1.54) is 11.8 Å². The molecule has 1 fully saturated rings. The summed E-state index contributed by atoms with van der Waals surface area (Å²) in [6.07, 6.45) is 2.13. The predicted molar refractivity (Wildman–Crippen MR) is 115 cm³/mol. The van der Waals surface area contributed by atoms with Gasteiger partial charge in [-0.15, -0.1) is 5.10 Å². The maximum Gasteiger partial charge on any atom is 0.239 e. The smallest absolute Gasteiger partial charge is 0.239 e. The van der Waals surface area contributed by atoms with Crippen molar-refractivity contribution in [3.63, 3.8) is 0 Å². The highest BCUT2D eigenvalue weighted by molar-refractivity contribution is 8.15. The lowest BCUT2D eigenvalue weighted by molar-refractivity contribution is -0.118. The first-order valence-corrected chi connectivity index (χ1v) is 9.86. The zero-order valence-electron chi connectivity index (χ0n) is 14.8. The van der Waals surface area contributed by atoms with E-state index in [9.17, 15) is 4.79 Å². The molecule has 1 amide bonds. The monoisotopic (exact) mass is 420 g/mol. The van der Waals surface area contributed by atoms with E-state index in [1.54, 1.807) is 12.3 Å². The number of benzene rings is 2. The molecule has 0 radical (unpaired) electrons. The Balaban J connectivity index is 1.63. The van der Waals surface area contributed by atoms with Crippen LogP contribution in [0, 0.1) is 0 Å². The quantitative estimate of drug-likeness (QED) is 0.581. The first-order chi connectivity index (χ1) is 12.9. The Morgan fingerprint density at radius 3 is 2.63 bits per heavy atom. The van der Waals surface area contributed by atoms with Crippen molar-refractivity contribution in [3.05, 3.63) is 63.6 Å². The van der Waals surface area contributed by atoms with Crippen LogP contribution in [0.1, 0.15) is 11.1 Å². The number of hydrogen-bond donors (Lipinski definition) is 1. The first-order valence-electron chi connectivity index (χ1n) is 8.23. The molecule has 3 rings (SSSR count). The Kier molecular flexibility index (Phi) is 6.42. The summed E-state index contributed by atoms with van der Waals surface area (Å²) in [6, 6.07) is 13.3. The van der Waals surface area contributed by atoms with Crippen molar-refractivity contribution in [2.75, 3.05) is 19.0 Å². The fourth-order valence-electron chi connectivity index (χ4n) is 2.50. The molecule has 27 heavy (non-hydrogen) atoms. The Labute approximate surface area is 172 Å². The van der Waals surface area contributed by atoms with E-state index < -0.39 is 0 Å². The summed E-state index contributed by atoms with van der Waals surface area (Å²) in [5.74, 6) is -0.111. The SMILES string of the molecule is CN(C)c1ccc(C=NN=C2NC(=O)C(Cc3cccc(Cl)c3Cl)S2)cc1. The van der Waals surface area contributed by atoms with Crippen LogP contribution in [-0.2, 0) is 11.2 Å². The fourth-order valence-corrected chi connectivity index (χ4v) is 3.85. The lowest BCUT2D eigenvalue weighted by Gasteiger charge is -2.11. The number of nitrogens with one attached hydrogen (secondary N) is 1. The standard InChI is InChI=1S/C19H18Cl2N4OS/c1-25(2)14-8-6-12(7-9-14)11-22-24-19-23-18(26)16(27-19)10-13-4-3-5-15(20)17(13)21/h3-9,11,16H,10H2,1-2H3,(H,23,24,26). The van der Waals surface area contributed by atoms with Crippen LogP contribution >= 0.6 is 35.0 Å². The number of rotatable bonds is 5. The number of amidine groups is 1. The van der Waals surface area contributed by atoms with Gasteiger partial charge in [0.15, 0.2) is 5.17 Å². The van der Waals surface area contributed by atoms with Gasteiger partial charge in [-0.2, -0.15) is 5.10 Å². The van der Waals surface area contributed by atoms with Crippen molar-refractivity contribution in [2.45, 2.75) is 11.7 Å². The molecule has 1 saturated heterocycles. The van der Waals surface area contributed by atoms with Crippen molar-refractivity contribution in [1.29, 1.82) is 0 Å². The molecule has 2 aromatic carbocycles. The minimum atomic E-state index is -0.311. The van der Waals surface area contributed by atoms with E-state index in [-0.39, 0.29) is 11.2 Å². The lowest BCUT2D eigenvalue weighted by atomic mass is 10.1. The third-order valence-electron chi connectivity index (χ3n) is 3.98. The summed E-state index contributed by atoms with van der Waals surface area (Å²) in [4.78, 5) is 14.2. The van der Waals surface area contributed by atoms with E-state index in [2.05, 4.69) is 15.5 Å². The number of amides is 1. The van der Waals surface area contributed by atoms with Crippen LogP contribution in [0.4, 0.5) is 5.69 Å². The molecule has 0 bridgehead atoms. The number of carbonyl (C=O) groups excluding carboxylic acids is 1. The largest absolute Gasteiger partial charge is 0.378 e. The molecule has 5 nitrogen and oxygen atoms in total. The van der Waals surface area contributed by atoms with E-state index >= 15 is 0 Å². The molecule has 1 heterocycles. The number of thioether (sulfide) groups is 1. The third kappa shape index (κ3) is 5.03. The molecule has 1 aliphatic rings. The molecule has 0 spiro atoms. The van der Waals surface area contributed by atoms with Crippen molar-refractivity contribution < 1.29 is 4.79 Å². The van der Waals surface area contributed by atoms with Crippen LogP contribution in [0.5, 0.6) is 0 Å². The van der Waals surface area contributed by atoms with Gasteiger partial charge < -0.3 is 10.2 Å². The zero-order chi connectivity index (χ0) is 19.4. The number of hydrogen-bond acceptors (Lipinski definition) is 5. The Bertz CT molecular complexity index is 897. The molecule has 2 aromatic rings. The van der Waals surface area contributed by atoms with Gasteiger partial charge in [-0.05, 0) is 35.7 Å². The molecule has 8 heteroatoms. The van der Waals surface area contributed by atoms with Gasteiger partial charge in [0.25, 0.3) is 0 Å². The molecule has 140 valence electrons. The Hall–Kier alpha value is -2.02. The van der Waals surface area contributed by atoms with Gasteiger partial charge in [0.1, 0.15) is 0 Å². The molecule has 1 unspecified atom stereocenters. The van der Waals surface area contributed by atoms with Gasteiger partial charge in [-0.25, -0.2) is 0 Å². The van der Waals surface area contributed by atoms with Gasteiger partial charge in [0.2, 0.25) is 5.91 Å². The van der Waals surface area contributed by atoms with Gasteiger partial charge in [-0.3, -0.25) is 4.79 Å². The fraction of sp³-hybridized carbons (Fsp3) is 0.211. The predicted octanol–water partition coefficient (Wildman–Crippen LogP) is 4.22. The summed E-state index contributed by atoms with van der Waals surface area (Å²) < 4.78 is 0. The molecule has 0 saturated carbocycles. The second-order valence-electron chi connectivity index (χ2n) is 6.15. The van der Waals surface area contributed by atoms with Gasteiger partial charge in [0, 0.05) is 19.8 Å². The van der Waals surface area contributed by atoms with Crippen LogP contribution in [0.15, 0.2) is 52.7 Å². The van der Waals surface area contributed by atoms with Crippen molar-refractivity contribution in [3.8, 4) is 0 Å². The van der Waals surface area contributed by atoms with E-state index in [0.717, 1.165) is 16.8 Å². The summed E-state index contributed by atoms with van der Waals surface area (Å²) in [5, 5.41) is 12.1. The molecule has 1 aliphatic heterocycles. The zero-order valence-corrected chi connectivity index (χ0v) is 17.1. The average molecular weight is 421 g/mol. The lowest BCUT2D eigenvalue weighted by Crippen LogP contribution is -2.26. The second-order valence-corrected chi connectivity index (χ2v) is 8.13. The highest BCUT2D eigenvalue weighted by atomic mass is 35.5. The summed E-state index contributed by atoms with van der Waals surface area (Å²) in [6.45, 7) is 0. The normalized spacial score (nSPS) is 18.3. The number of anilines is 1. The van der Waals surface area contributed by atoms with E-state index in [1.807, 2.05) is 55.4 Å². The molecule has 1 atom stereocenters. The molecular formula is C19H18Cl2N4OS. The van der Waals surface area contributed by atoms with Crippen LogP contribution in [0.2, 0.25) is 10.0 Å². The maximum absolute atomic E-state index is 12.2. The minimum Gasteiger partial charge on any atom is -0.378 e. The van der Waals surface area contributed by atoms with Gasteiger partial charge in [0.05, 0.1) is 21.5 Å². The average Bonchev–Trinajstić information content (AvgIpc) is 2.99. The number of halogens is 2. The molecule has 0 aromatic heterocycles. The van der Waals surface area contributed by atoms with Crippen LogP contribution < -0.4 is 10.2 Å².